The molecule has 0 saturated heterocycles. The maximum atomic E-state index is 13.1. The number of rotatable bonds is 10. The zero-order chi connectivity index (χ0) is 24.3. The fourth-order valence-electron chi connectivity index (χ4n) is 6.89. The van der Waals surface area contributed by atoms with Gasteiger partial charge in [-0.3, -0.25) is 14.4 Å². The zero-order valence-corrected chi connectivity index (χ0v) is 20.2. The number of benzene rings is 1. The molecule has 1 heterocycles. The molecule has 35 heavy (non-hydrogen) atoms. The maximum Gasteiger partial charge on any atom is 0.244 e. The van der Waals surface area contributed by atoms with Gasteiger partial charge in [0.1, 0.15) is 12.3 Å². The minimum atomic E-state index is -0.258. The second-order valence-corrected chi connectivity index (χ2v) is 10.8. The van der Waals surface area contributed by atoms with Crippen molar-refractivity contribution in [3.63, 3.8) is 0 Å². The number of nitrogens with zero attached hydrogens (tertiary/aromatic N) is 1. The van der Waals surface area contributed by atoms with Crippen molar-refractivity contribution in [2.45, 2.75) is 57.9 Å². The summed E-state index contributed by atoms with van der Waals surface area (Å²) in [4.78, 5) is 40.2. The Kier molecular flexibility index (Phi) is 6.93. The summed E-state index contributed by atoms with van der Waals surface area (Å²) in [6.45, 7) is 0.652. The van der Waals surface area contributed by atoms with E-state index in [0.29, 0.717) is 24.4 Å². The minimum absolute atomic E-state index is 0.0614. The molecule has 6 rings (SSSR count). The summed E-state index contributed by atoms with van der Waals surface area (Å²) >= 11 is 0. The van der Waals surface area contributed by atoms with Gasteiger partial charge in [0.05, 0.1) is 12.8 Å². The van der Waals surface area contributed by atoms with E-state index in [9.17, 15) is 14.4 Å². The second-order valence-electron chi connectivity index (χ2n) is 10.8. The molecule has 2 N–H and O–H groups in total. The van der Waals surface area contributed by atoms with Gasteiger partial charge in [-0.15, -0.1) is 0 Å². The molecule has 0 unspecified atom stereocenters. The third-order valence-corrected chi connectivity index (χ3v) is 8.04. The summed E-state index contributed by atoms with van der Waals surface area (Å²) in [5.41, 5.74) is 0.523. The Balaban J connectivity index is 1.11. The van der Waals surface area contributed by atoms with Crippen molar-refractivity contribution < 1.29 is 18.8 Å². The summed E-state index contributed by atoms with van der Waals surface area (Å²) in [7, 11) is 0. The number of hydrogen-bond donors (Lipinski definition) is 2. The Morgan fingerprint density at radius 3 is 2.26 bits per heavy atom. The summed E-state index contributed by atoms with van der Waals surface area (Å²) < 4.78 is 5.41. The molecule has 1 aromatic heterocycles. The molecular formula is C28H35N3O4. The highest BCUT2D eigenvalue weighted by atomic mass is 16.3. The number of anilines is 1. The Morgan fingerprint density at radius 1 is 0.943 bits per heavy atom. The first kappa shape index (κ1) is 23.6. The number of nitrogens with one attached hydrogen (secondary N) is 2. The monoisotopic (exact) mass is 477 g/mol. The van der Waals surface area contributed by atoms with Gasteiger partial charge in [0, 0.05) is 24.1 Å². The number of furan rings is 1. The fraction of sp³-hybridized carbons (Fsp3) is 0.536. The quantitative estimate of drug-likeness (QED) is 0.498. The van der Waals surface area contributed by atoms with E-state index in [4.69, 9.17) is 4.42 Å². The van der Waals surface area contributed by atoms with E-state index >= 15 is 0 Å². The van der Waals surface area contributed by atoms with E-state index in [1.54, 1.807) is 18.4 Å². The molecule has 4 aliphatic rings. The van der Waals surface area contributed by atoms with Crippen LogP contribution in [0.4, 0.5) is 5.69 Å². The first-order valence-corrected chi connectivity index (χ1v) is 12.9. The molecule has 2 aromatic rings. The van der Waals surface area contributed by atoms with Crippen LogP contribution < -0.4 is 10.6 Å². The van der Waals surface area contributed by atoms with E-state index in [2.05, 4.69) is 10.6 Å². The van der Waals surface area contributed by atoms with Gasteiger partial charge in [-0.2, -0.15) is 0 Å². The van der Waals surface area contributed by atoms with Crippen molar-refractivity contribution in [1.82, 2.24) is 10.2 Å². The van der Waals surface area contributed by atoms with E-state index in [0.717, 1.165) is 37.0 Å². The molecule has 7 heteroatoms. The van der Waals surface area contributed by atoms with Crippen LogP contribution in [0.1, 0.15) is 57.1 Å². The first-order chi connectivity index (χ1) is 17.0. The molecule has 1 aromatic carbocycles. The van der Waals surface area contributed by atoms with Crippen molar-refractivity contribution in [2.24, 2.45) is 23.2 Å². The molecular weight excluding hydrogens is 442 g/mol. The standard InChI is InChI=1S/C28H35N3O4/c32-25(30-23-6-2-1-3-7-23)19-31(18-24-8-5-11-35-24)26(33)9-4-10-29-27(34)28-15-20-12-21(16-28)14-22(13-20)17-28/h1-3,5-8,11,20-22H,4,9-10,12-19H2,(H,29,34)(H,30,32). The topological polar surface area (TPSA) is 91.7 Å². The van der Waals surface area contributed by atoms with Gasteiger partial charge in [-0.05, 0) is 87.0 Å². The molecule has 4 saturated carbocycles. The lowest BCUT2D eigenvalue weighted by molar-refractivity contribution is -0.146. The van der Waals surface area contributed by atoms with Gasteiger partial charge in [0.2, 0.25) is 17.7 Å². The summed E-state index contributed by atoms with van der Waals surface area (Å²) in [5.74, 6) is 2.61. The predicted molar refractivity (Wildman–Crippen MR) is 132 cm³/mol. The van der Waals surface area contributed by atoms with Crippen molar-refractivity contribution >= 4 is 23.4 Å². The maximum absolute atomic E-state index is 13.1. The Labute approximate surface area is 206 Å². The molecule has 4 fully saturated rings. The van der Waals surface area contributed by atoms with Crippen LogP contribution in [0, 0.1) is 23.2 Å². The summed E-state index contributed by atoms with van der Waals surface area (Å²) in [5, 5.41) is 5.98. The summed E-state index contributed by atoms with van der Waals surface area (Å²) in [6, 6.07) is 12.7. The van der Waals surface area contributed by atoms with Crippen LogP contribution in [0.25, 0.3) is 0 Å². The van der Waals surface area contributed by atoms with Gasteiger partial charge in [-0.1, -0.05) is 18.2 Å². The van der Waals surface area contributed by atoms with Crippen molar-refractivity contribution in [3.8, 4) is 0 Å². The van der Waals surface area contributed by atoms with Crippen LogP contribution in [0.3, 0.4) is 0 Å². The van der Waals surface area contributed by atoms with Gasteiger partial charge in [-0.25, -0.2) is 0 Å². The van der Waals surface area contributed by atoms with E-state index in [1.165, 1.54) is 24.2 Å². The third-order valence-electron chi connectivity index (χ3n) is 8.04. The van der Waals surface area contributed by atoms with E-state index in [-0.39, 0.29) is 42.6 Å². The molecule has 0 spiro atoms. The number of carbonyl (C=O) groups excluding carboxylic acids is 3. The molecule has 3 amide bonds. The first-order valence-electron chi connectivity index (χ1n) is 12.9. The normalized spacial score (nSPS) is 26.3. The van der Waals surface area contributed by atoms with Crippen LogP contribution in [0.5, 0.6) is 0 Å². The van der Waals surface area contributed by atoms with Crippen LogP contribution in [-0.2, 0) is 20.9 Å². The highest BCUT2D eigenvalue weighted by Crippen LogP contribution is 2.60. The third kappa shape index (κ3) is 5.60. The number of hydrogen-bond acceptors (Lipinski definition) is 4. The lowest BCUT2D eigenvalue weighted by atomic mass is 9.49. The smallest absolute Gasteiger partial charge is 0.244 e. The van der Waals surface area contributed by atoms with Gasteiger partial charge in [0.25, 0.3) is 0 Å². The Bertz CT molecular complexity index is 998. The lowest BCUT2D eigenvalue weighted by Crippen LogP contribution is -2.53. The van der Waals surface area contributed by atoms with E-state index in [1.807, 2.05) is 30.3 Å². The van der Waals surface area contributed by atoms with E-state index < -0.39 is 0 Å². The summed E-state index contributed by atoms with van der Waals surface area (Å²) in [6.07, 6.45) is 9.42. The van der Waals surface area contributed by atoms with Crippen molar-refractivity contribution in [3.05, 3.63) is 54.5 Å². The van der Waals surface area contributed by atoms with Crippen molar-refractivity contribution in [2.75, 3.05) is 18.4 Å². The zero-order valence-electron chi connectivity index (χ0n) is 20.2. The van der Waals surface area contributed by atoms with Gasteiger partial charge >= 0.3 is 0 Å². The lowest BCUT2D eigenvalue weighted by Gasteiger charge is -2.55. The molecule has 0 radical (unpaired) electrons. The van der Waals surface area contributed by atoms with Crippen LogP contribution >= 0.6 is 0 Å². The van der Waals surface area contributed by atoms with Crippen LogP contribution in [0.15, 0.2) is 53.1 Å². The number of carbonyl (C=O) groups is 3. The largest absolute Gasteiger partial charge is 0.467 e. The molecule has 7 nitrogen and oxygen atoms in total. The number of para-hydroxylation sites is 1. The average Bonchev–Trinajstić information content (AvgIpc) is 3.34. The molecule has 4 aliphatic carbocycles. The fourth-order valence-corrected chi connectivity index (χ4v) is 6.89. The molecule has 0 aliphatic heterocycles. The second kappa shape index (κ2) is 10.3. The Hall–Kier alpha value is -3.09. The Morgan fingerprint density at radius 2 is 1.63 bits per heavy atom. The van der Waals surface area contributed by atoms with Gasteiger partial charge in [0.15, 0.2) is 0 Å². The van der Waals surface area contributed by atoms with Gasteiger partial charge < -0.3 is 20.0 Å². The molecule has 186 valence electrons. The highest BCUT2D eigenvalue weighted by Gasteiger charge is 2.54. The highest BCUT2D eigenvalue weighted by molar-refractivity contribution is 5.94. The molecule has 0 atom stereocenters. The van der Waals surface area contributed by atoms with Crippen LogP contribution in [0.2, 0.25) is 0 Å². The minimum Gasteiger partial charge on any atom is -0.467 e. The van der Waals surface area contributed by atoms with Crippen LogP contribution in [-0.4, -0.2) is 35.7 Å². The molecule has 4 bridgehead atoms. The number of amides is 3. The average molecular weight is 478 g/mol. The SMILES string of the molecule is O=C(CN(Cc1ccco1)C(=O)CCCNC(=O)C12CC3CC(CC(C3)C1)C2)Nc1ccccc1. The predicted octanol–water partition coefficient (Wildman–Crippen LogP) is 4.36. The van der Waals surface area contributed by atoms with Crippen molar-refractivity contribution in [1.29, 1.82) is 0 Å².